The van der Waals surface area contributed by atoms with Crippen molar-refractivity contribution in [3.8, 4) is 0 Å². The number of amides is 2. The molecule has 1 aromatic carbocycles. The SMILES string of the molecule is Cc1nc(C)c(Cc2ccc(F)cc2)c(N2CCN(C(=O)N(C)C)CC2)n1. The number of benzene rings is 1. The van der Waals surface area contributed by atoms with Crippen LogP contribution < -0.4 is 4.90 Å². The summed E-state index contributed by atoms with van der Waals surface area (Å²) in [5.74, 6) is 1.41. The molecule has 0 spiro atoms. The van der Waals surface area contributed by atoms with Gasteiger partial charge in [-0.25, -0.2) is 19.2 Å². The first kappa shape index (κ1) is 19.1. The van der Waals surface area contributed by atoms with Gasteiger partial charge in [0.05, 0.1) is 0 Å². The lowest BCUT2D eigenvalue weighted by Crippen LogP contribution is -2.52. The molecule has 1 fully saturated rings. The fourth-order valence-electron chi connectivity index (χ4n) is 3.39. The van der Waals surface area contributed by atoms with Crippen LogP contribution in [-0.2, 0) is 6.42 Å². The van der Waals surface area contributed by atoms with Gasteiger partial charge in [-0.15, -0.1) is 0 Å². The van der Waals surface area contributed by atoms with E-state index in [2.05, 4.69) is 9.88 Å². The van der Waals surface area contributed by atoms with E-state index in [4.69, 9.17) is 4.98 Å². The van der Waals surface area contributed by atoms with Gasteiger partial charge < -0.3 is 14.7 Å². The molecule has 0 saturated carbocycles. The molecule has 7 heteroatoms. The van der Waals surface area contributed by atoms with E-state index < -0.39 is 0 Å². The predicted molar refractivity (Wildman–Crippen MR) is 104 cm³/mol. The summed E-state index contributed by atoms with van der Waals surface area (Å²) < 4.78 is 13.2. The molecule has 1 saturated heterocycles. The van der Waals surface area contributed by atoms with Gasteiger partial charge in [-0.05, 0) is 31.5 Å². The van der Waals surface area contributed by atoms with E-state index in [1.807, 2.05) is 18.7 Å². The zero-order valence-corrected chi connectivity index (χ0v) is 16.4. The molecule has 2 aromatic rings. The van der Waals surface area contributed by atoms with E-state index in [0.717, 1.165) is 41.6 Å². The van der Waals surface area contributed by atoms with Crippen LogP contribution in [0.3, 0.4) is 0 Å². The Hall–Kier alpha value is -2.70. The number of carbonyl (C=O) groups excluding carboxylic acids is 1. The van der Waals surface area contributed by atoms with Crippen molar-refractivity contribution >= 4 is 11.8 Å². The number of anilines is 1. The summed E-state index contributed by atoms with van der Waals surface area (Å²) in [7, 11) is 3.54. The first-order chi connectivity index (χ1) is 12.8. The van der Waals surface area contributed by atoms with Gasteiger partial charge in [0, 0.05) is 58.0 Å². The van der Waals surface area contributed by atoms with Crippen molar-refractivity contribution in [1.29, 1.82) is 0 Å². The highest BCUT2D eigenvalue weighted by molar-refractivity contribution is 5.74. The van der Waals surface area contributed by atoms with Gasteiger partial charge in [-0.1, -0.05) is 12.1 Å². The average molecular weight is 371 g/mol. The van der Waals surface area contributed by atoms with Crippen molar-refractivity contribution in [2.75, 3.05) is 45.2 Å². The van der Waals surface area contributed by atoms with E-state index in [0.29, 0.717) is 19.5 Å². The lowest BCUT2D eigenvalue weighted by atomic mass is 10.0. The second kappa shape index (κ2) is 7.90. The summed E-state index contributed by atoms with van der Waals surface area (Å²) in [6.07, 6.45) is 0.651. The molecule has 0 aliphatic carbocycles. The molecule has 144 valence electrons. The maximum Gasteiger partial charge on any atom is 0.319 e. The maximum absolute atomic E-state index is 13.2. The minimum absolute atomic E-state index is 0.0382. The molecule has 27 heavy (non-hydrogen) atoms. The van der Waals surface area contributed by atoms with Crippen LogP contribution in [0.4, 0.5) is 15.0 Å². The lowest BCUT2D eigenvalue weighted by Gasteiger charge is -2.37. The molecule has 0 unspecified atom stereocenters. The highest BCUT2D eigenvalue weighted by Crippen LogP contribution is 2.25. The Morgan fingerprint density at radius 3 is 2.30 bits per heavy atom. The Balaban J connectivity index is 1.83. The number of hydrogen-bond donors (Lipinski definition) is 0. The maximum atomic E-state index is 13.2. The van der Waals surface area contributed by atoms with Gasteiger partial charge >= 0.3 is 6.03 Å². The fraction of sp³-hybridized carbons (Fsp3) is 0.450. The van der Waals surface area contributed by atoms with Gasteiger partial charge in [0.15, 0.2) is 0 Å². The number of urea groups is 1. The number of aryl methyl sites for hydroxylation is 2. The van der Waals surface area contributed by atoms with E-state index in [1.54, 1.807) is 31.1 Å². The molecule has 2 amide bonds. The van der Waals surface area contributed by atoms with E-state index in [1.165, 1.54) is 12.1 Å². The Morgan fingerprint density at radius 2 is 1.70 bits per heavy atom. The van der Waals surface area contributed by atoms with Crippen LogP contribution in [0.1, 0.15) is 22.6 Å². The summed E-state index contributed by atoms with van der Waals surface area (Å²) in [5, 5.41) is 0. The minimum Gasteiger partial charge on any atom is -0.353 e. The molecule has 0 N–H and O–H groups in total. The number of rotatable bonds is 3. The van der Waals surface area contributed by atoms with Crippen molar-refractivity contribution in [2.45, 2.75) is 20.3 Å². The van der Waals surface area contributed by atoms with E-state index in [9.17, 15) is 9.18 Å². The number of nitrogens with zero attached hydrogens (tertiary/aromatic N) is 5. The number of hydrogen-bond acceptors (Lipinski definition) is 4. The third-order valence-corrected chi connectivity index (χ3v) is 4.83. The molecular formula is C20H26FN5O. The quantitative estimate of drug-likeness (QED) is 0.832. The summed E-state index contributed by atoms with van der Waals surface area (Å²) in [6, 6.07) is 6.59. The first-order valence-corrected chi connectivity index (χ1v) is 9.15. The van der Waals surface area contributed by atoms with Crippen molar-refractivity contribution in [3.63, 3.8) is 0 Å². The summed E-state index contributed by atoms with van der Waals surface area (Å²) in [5.41, 5.74) is 3.02. The van der Waals surface area contributed by atoms with Crippen molar-refractivity contribution in [1.82, 2.24) is 19.8 Å². The number of carbonyl (C=O) groups is 1. The number of aromatic nitrogens is 2. The minimum atomic E-state index is -0.238. The summed E-state index contributed by atoms with van der Waals surface area (Å²) in [6.45, 7) is 6.66. The van der Waals surface area contributed by atoms with Crippen molar-refractivity contribution in [3.05, 3.63) is 52.7 Å². The van der Waals surface area contributed by atoms with Gasteiger partial charge in [0.1, 0.15) is 17.5 Å². The number of piperazine rings is 1. The topological polar surface area (TPSA) is 52.6 Å². The van der Waals surface area contributed by atoms with Gasteiger partial charge in [-0.2, -0.15) is 0 Å². The van der Waals surface area contributed by atoms with Crippen LogP contribution in [0.25, 0.3) is 0 Å². The third kappa shape index (κ3) is 4.35. The predicted octanol–water partition coefficient (Wildman–Crippen LogP) is 2.63. The Bertz CT molecular complexity index is 814. The zero-order chi connectivity index (χ0) is 19.6. The molecule has 2 heterocycles. The highest BCUT2D eigenvalue weighted by atomic mass is 19.1. The molecule has 6 nitrogen and oxygen atoms in total. The smallest absolute Gasteiger partial charge is 0.319 e. The van der Waals surface area contributed by atoms with Crippen LogP contribution in [-0.4, -0.2) is 66.1 Å². The Kier molecular flexibility index (Phi) is 5.58. The Labute approximate surface area is 159 Å². The molecule has 3 rings (SSSR count). The van der Waals surface area contributed by atoms with E-state index >= 15 is 0 Å². The van der Waals surface area contributed by atoms with Crippen LogP contribution in [0, 0.1) is 19.7 Å². The lowest BCUT2D eigenvalue weighted by molar-refractivity contribution is 0.168. The van der Waals surface area contributed by atoms with Crippen LogP contribution in [0.15, 0.2) is 24.3 Å². The Morgan fingerprint density at radius 1 is 1.07 bits per heavy atom. The highest BCUT2D eigenvalue weighted by Gasteiger charge is 2.25. The number of halogens is 1. The second-order valence-electron chi connectivity index (χ2n) is 7.11. The van der Waals surface area contributed by atoms with Gasteiger partial charge in [0.2, 0.25) is 0 Å². The van der Waals surface area contributed by atoms with Gasteiger partial charge in [-0.3, -0.25) is 0 Å². The summed E-state index contributed by atoms with van der Waals surface area (Å²) in [4.78, 5) is 27.1. The van der Waals surface area contributed by atoms with Crippen LogP contribution in [0.2, 0.25) is 0 Å². The second-order valence-corrected chi connectivity index (χ2v) is 7.11. The molecule has 0 bridgehead atoms. The largest absolute Gasteiger partial charge is 0.353 e. The average Bonchev–Trinajstić information content (AvgIpc) is 2.64. The molecular weight excluding hydrogens is 345 g/mol. The van der Waals surface area contributed by atoms with Crippen LogP contribution >= 0.6 is 0 Å². The molecule has 1 aliphatic heterocycles. The molecule has 0 atom stereocenters. The molecule has 1 aromatic heterocycles. The van der Waals surface area contributed by atoms with Crippen LogP contribution in [0.5, 0.6) is 0 Å². The first-order valence-electron chi connectivity index (χ1n) is 9.15. The normalized spacial score (nSPS) is 14.4. The van der Waals surface area contributed by atoms with Crippen molar-refractivity contribution in [2.24, 2.45) is 0 Å². The van der Waals surface area contributed by atoms with Gasteiger partial charge in [0.25, 0.3) is 0 Å². The zero-order valence-electron chi connectivity index (χ0n) is 16.4. The third-order valence-electron chi connectivity index (χ3n) is 4.83. The van der Waals surface area contributed by atoms with Crippen molar-refractivity contribution < 1.29 is 9.18 Å². The monoisotopic (exact) mass is 371 g/mol. The standard InChI is InChI=1S/C20H26FN5O/c1-14-18(13-16-5-7-17(21)8-6-16)19(23-15(2)22-14)25-9-11-26(12-10-25)20(27)24(3)4/h5-8H,9-13H2,1-4H3. The molecule has 1 aliphatic rings. The fourth-order valence-corrected chi connectivity index (χ4v) is 3.39. The van der Waals surface area contributed by atoms with E-state index in [-0.39, 0.29) is 11.8 Å². The molecule has 0 radical (unpaired) electrons. The summed E-state index contributed by atoms with van der Waals surface area (Å²) >= 11 is 0.